The van der Waals surface area contributed by atoms with E-state index in [2.05, 4.69) is 5.32 Å². The van der Waals surface area contributed by atoms with Gasteiger partial charge in [0.2, 0.25) is 11.8 Å². The Morgan fingerprint density at radius 2 is 1.81 bits per heavy atom. The smallest absolute Gasteiger partial charge is 0.337 e. The van der Waals surface area contributed by atoms with Crippen molar-refractivity contribution in [2.75, 3.05) is 23.9 Å². The second-order valence-corrected chi connectivity index (χ2v) is 6.99. The number of esters is 1. The molecule has 1 heterocycles. The van der Waals surface area contributed by atoms with Crippen molar-refractivity contribution < 1.29 is 19.1 Å². The van der Waals surface area contributed by atoms with Gasteiger partial charge in [-0.25, -0.2) is 4.79 Å². The number of ether oxygens (including phenoxy) is 1. The van der Waals surface area contributed by atoms with Gasteiger partial charge >= 0.3 is 5.97 Å². The molecule has 140 valence electrons. The number of methoxy groups -OCH3 is 1. The number of nitrogens with zero attached hydrogens (tertiary/aromatic N) is 1. The van der Waals surface area contributed by atoms with Gasteiger partial charge < -0.3 is 15.0 Å². The van der Waals surface area contributed by atoms with Crippen LogP contribution in [0.5, 0.6) is 0 Å². The van der Waals surface area contributed by atoms with Crippen LogP contribution in [0.3, 0.4) is 0 Å². The van der Waals surface area contributed by atoms with Gasteiger partial charge in [0.15, 0.2) is 0 Å². The molecule has 2 amide bonds. The summed E-state index contributed by atoms with van der Waals surface area (Å²) in [7, 11) is 1.29. The zero-order chi connectivity index (χ0) is 19.6. The van der Waals surface area contributed by atoms with Crippen LogP contribution in [0.25, 0.3) is 0 Å². The minimum absolute atomic E-state index is 0.255. The number of nitrogens with one attached hydrogen (secondary N) is 1. The van der Waals surface area contributed by atoms with Gasteiger partial charge in [-0.1, -0.05) is 24.3 Å². The van der Waals surface area contributed by atoms with Gasteiger partial charge in [-0.2, -0.15) is 0 Å². The van der Waals surface area contributed by atoms with Gasteiger partial charge in [-0.05, 0) is 50.1 Å². The molecule has 2 aromatic carbocycles. The fourth-order valence-corrected chi connectivity index (χ4v) is 3.11. The molecule has 27 heavy (non-hydrogen) atoms. The maximum absolute atomic E-state index is 13.1. The average molecular weight is 366 g/mol. The number of para-hydroxylation sites is 1. The average Bonchev–Trinajstić information content (AvgIpc) is 3.10. The predicted octanol–water partition coefficient (Wildman–Crippen LogP) is 3.03. The van der Waals surface area contributed by atoms with Crippen LogP contribution in [0, 0.1) is 5.41 Å². The first-order valence-corrected chi connectivity index (χ1v) is 8.74. The maximum Gasteiger partial charge on any atom is 0.337 e. The fourth-order valence-electron chi connectivity index (χ4n) is 3.11. The number of hydrogen-bond donors (Lipinski definition) is 1. The highest BCUT2D eigenvalue weighted by Gasteiger charge is 2.41. The van der Waals surface area contributed by atoms with E-state index in [1.165, 1.54) is 13.2 Å². The maximum atomic E-state index is 13.1. The molecular weight excluding hydrogens is 344 g/mol. The van der Waals surface area contributed by atoms with Crippen LogP contribution in [-0.4, -0.2) is 31.4 Å². The minimum Gasteiger partial charge on any atom is -0.465 e. The number of rotatable bonds is 4. The van der Waals surface area contributed by atoms with Crippen molar-refractivity contribution in [3.8, 4) is 0 Å². The van der Waals surface area contributed by atoms with Crippen molar-refractivity contribution in [2.24, 2.45) is 5.41 Å². The third-order valence-corrected chi connectivity index (χ3v) is 4.78. The molecule has 1 aliphatic heterocycles. The van der Waals surface area contributed by atoms with Crippen molar-refractivity contribution in [3.05, 3.63) is 59.7 Å². The van der Waals surface area contributed by atoms with Crippen molar-refractivity contribution in [2.45, 2.75) is 20.3 Å². The summed E-state index contributed by atoms with van der Waals surface area (Å²) in [5, 5.41) is 2.74. The zero-order valence-electron chi connectivity index (χ0n) is 15.6. The van der Waals surface area contributed by atoms with Gasteiger partial charge in [-0.3, -0.25) is 9.59 Å². The highest BCUT2D eigenvalue weighted by Crippen LogP contribution is 2.32. The standard InChI is InChI=1S/C21H22N2O4/c1-21(2,20(26)23-12-11-14-7-4-5-10-17(14)23)19(25)22-16-9-6-8-15(13-16)18(24)27-3/h4-10,13H,11-12H2,1-3H3,(H,22,25). The molecule has 3 rings (SSSR count). The number of carbonyl (C=O) groups is 3. The fraction of sp³-hybridized carbons (Fsp3) is 0.286. The van der Waals surface area contributed by atoms with E-state index >= 15 is 0 Å². The monoisotopic (exact) mass is 366 g/mol. The van der Waals surface area contributed by atoms with Crippen molar-refractivity contribution >= 4 is 29.2 Å². The molecule has 0 saturated carbocycles. The lowest BCUT2D eigenvalue weighted by molar-refractivity contribution is -0.136. The van der Waals surface area contributed by atoms with Crippen LogP contribution >= 0.6 is 0 Å². The third-order valence-electron chi connectivity index (χ3n) is 4.78. The summed E-state index contributed by atoms with van der Waals surface area (Å²) in [6.45, 7) is 3.78. The molecule has 6 nitrogen and oxygen atoms in total. The molecule has 0 fully saturated rings. The second kappa shape index (κ2) is 7.23. The van der Waals surface area contributed by atoms with Crippen LogP contribution in [-0.2, 0) is 20.7 Å². The van der Waals surface area contributed by atoms with E-state index in [1.54, 1.807) is 36.9 Å². The number of amides is 2. The summed E-state index contributed by atoms with van der Waals surface area (Å²) in [6, 6.07) is 14.1. The SMILES string of the molecule is COC(=O)c1cccc(NC(=O)C(C)(C)C(=O)N2CCc3ccccc32)c1. The van der Waals surface area contributed by atoms with Gasteiger partial charge in [0.05, 0.1) is 12.7 Å². The molecule has 0 aliphatic carbocycles. The Bertz CT molecular complexity index is 905. The van der Waals surface area contributed by atoms with Gasteiger partial charge in [0, 0.05) is 17.9 Å². The van der Waals surface area contributed by atoms with Crippen LogP contribution in [0.4, 0.5) is 11.4 Å². The topological polar surface area (TPSA) is 75.7 Å². The van der Waals surface area contributed by atoms with E-state index in [1.807, 2.05) is 24.3 Å². The van der Waals surface area contributed by atoms with E-state index in [0.717, 1.165) is 17.7 Å². The first kappa shape index (κ1) is 18.6. The quantitative estimate of drug-likeness (QED) is 0.667. The van der Waals surface area contributed by atoms with Crippen molar-refractivity contribution in [1.29, 1.82) is 0 Å². The molecule has 0 spiro atoms. The molecular formula is C21H22N2O4. The molecule has 1 aliphatic rings. The number of fused-ring (bicyclic) bond motifs is 1. The van der Waals surface area contributed by atoms with Crippen LogP contribution < -0.4 is 10.2 Å². The summed E-state index contributed by atoms with van der Waals surface area (Å²) in [5.74, 6) is -1.18. The lowest BCUT2D eigenvalue weighted by Crippen LogP contribution is -2.47. The van der Waals surface area contributed by atoms with Crippen molar-refractivity contribution in [3.63, 3.8) is 0 Å². The molecule has 0 radical (unpaired) electrons. The molecule has 0 atom stereocenters. The summed E-state index contributed by atoms with van der Waals surface area (Å²) < 4.78 is 4.69. The molecule has 1 N–H and O–H groups in total. The highest BCUT2D eigenvalue weighted by molar-refractivity contribution is 6.15. The first-order valence-electron chi connectivity index (χ1n) is 8.74. The van der Waals surface area contributed by atoms with Gasteiger partial charge in [0.25, 0.3) is 0 Å². The molecule has 6 heteroatoms. The minimum atomic E-state index is -1.27. The predicted molar refractivity (Wildman–Crippen MR) is 103 cm³/mol. The van der Waals surface area contributed by atoms with E-state index < -0.39 is 17.3 Å². The number of hydrogen-bond acceptors (Lipinski definition) is 4. The van der Waals surface area contributed by atoms with Crippen LogP contribution in [0.1, 0.15) is 29.8 Å². The van der Waals surface area contributed by atoms with Gasteiger partial charge in [-0.15, -0.1) is 0 Å². The second-order valence-electron chi connectivity index (χ2n) is 6.99. The summed E-state index contributed by atoms with van der Waals surface area (Å²) in [5.41, 5.74) is 1.46. The molecule has 0 unspecified atom stereocenters. The third kappa shape index (κ3) is 3.56. The first-order chi connectivity index (χ1) is 12.8. The Morgan fingerprint density at radius 3 is 2.56 bits per heavy atom. The zero-order valence-corrected chi connectivity index (χ0v) is 15.6. The Morgan fingerprint density at radius 1 is 1.07 bits per heavy atom. The van der Waals surface area contributed by atoms with E-state index in [0.29, 0.717) is 17.8 Å². The molecule has 0 bridgehead atoms. The molecule has 0 saturated heterocycles. The Kier molecular flexibility index (Phi) is 4.99. The largest absolute Gasteiger partial charge is 0.465 e. The summed E-state index contributed by atoms with van der Waals surface area (Å²) in [6.07, 6.45) is 0.779. The van der Waals surface area contributed by atoms with E-state index in [9.17, 15) is 14.4 Å². The molecule has 0 aromatic heterocycles. The summed E-state index contributed by atoms with van der Waals surface area (Å²) in [4.78, 5) is 39.2. The van der Waals surface area contributed by atoms with E-state index in [-0.39, 0.29) is 5.91 Å². The van der Waals surface area contributed by atoms with Crippen LogP contribution in [0.2, 0.25) is 0 Å². The van der Waals surface area contributed by atoms with Gasteiger partial charge in [0.1, 0.15) is 5.41 Å². The normalized spacial score (nSPS) is 13.1. The van der Waals surface area contributed by atoms with E-state index in [4.69, 9.17) is 4.74 Å². The Labute approximate surface area is 158 Å². The Balaban J connectivity index is 1.78. The van der Waals surface area contributed by atoms with Crippen molar-refractivity contribution in [1.82, 2.24) is 0 Å². The van der Waals surface area contributed by atoms with Crippen LogP contribution in [0.15, 0.2) is 48.5 Å². The Hall–Kier alpha value is -3.15. The number of carbonyl (C=O) groups excluding carboxylic acids is 3. The lowest BCUT2D eigenvalue weighted by Gasteiger charge is -2.28. The highest BCUT2D eigenvalue weighted by atomic mass is 16.5. The lowest BCUT2D eigenvalue weighted by atomic mass is 9.90. The summed E-state index contributed by atoms with van der Waals surface area (Å²) >= 11 is 0. The number of benzene rings is 2. The molecule has 2 aromatic rings. The number of anilines is 2.